The fourth-order valence-corrected chi connectivity index (χ4v) is 4.59. The SMILES string of the molecule is O=C(c1ccc2[nH]ccc2c1)N1CCC2(CCCN(CCCF)C2)C1. The maximum Gasteiger partial charge on any atom is 0.253 e. The van der Waals surface area contributed by atoms with Gasteiger partial charge in [0.15, 0.2) is 0 Å². The number of nitrogens with one attached hydrogen (secondary N) is 1. The third-order valence-corrected chi connectivity index (χ3v) is 5.87. The molecule has 3 heterocycles. The standard InChI is InChI=1S/C20H26FN3O/c21-8-2-11-23-10-1-6-20(14-23)7-12-24(15-20)19(25)17-3-4-18-16(13-17)5-9-22-18/h3-5,9,13,22H,1-2,6-8,10-12,14-15H2. The number of amides is 1. The van der Waals surface area contributed by atoms with Gasteiger partial charge < -0.3 is 14.8 Å². The van der Waals surface area contributed by atoms with E-state index < -0.39 is 0 Å². The Morgan fingerprint density at radius 3 is 3.00 bits per heavy atom. The third kappa shape index (κ3) is 3.30. The van der Waals surface area contributed by atoms with Crippen LogP contribution in [0.5, 0.6) is 0 Å². The van der Waals surface area contributed by atoms with Gasteiger partial charge in [-0.15, -0.1) is 0 Å². The Kier molecular flexibility index (Phi) is 4.50. The number of piperidine rings is 1. The van der Waals surface area contributed by atoms with Crippen molar-refractivity contribution in [3.05, 3.63) is 36.0 Å². The number of H-pyrrole nitrogens is 1. The molecule has 1 N–H and O–H groups in total. The molecule has 0 aliphatic carbocycles. The van der Waals surface area contributed by atoms with Crippen LogP contribution in [0.3, 0.4) is 0 Å². The molecule has 1 aromatic heterocycles. The Labute approximate surface area is 148 Å². The predicted octanol–water partition coefficient (Wildman–Crippen LogP) is 3.46. The highest BCUT2D eigenvalue weighted by molar-refractivity contribution is 5.98. The minimum absolute atomic E-state index is 0.140. The fraction of sp³-hybridized carbons (Fsp3) is 0.550. The first kappa shape index (κ1) is 16.6. The lowest BCUT2D eigenvalue weighted by molar-refractivity contribution is 0.0685. The van der Waals surface area contributed by atoms with Crippen molar-refractivity contribution in [1.82, 2.24) is 14.8 Å². The first-order chi connectivity index (χ1) is 12.2. The number of fused-ring (bicyclic) bond motifs is 1. The first-order valence-electron chi connectivity index (χ1n) is 9.34. The van der Waals surface area contributed by atoms with Crippen LogP contribution in [0.4, 0.5) is 4.39 Å². The summed E-state index contributed by atoms with van der Waals surface area (Å²) in [7, 11) is 0. The quantitative estimate of drug-likeness (QED) is 0.923. The normalized spacial score (nSPS) is 24.4. The van der Waals surface area contributed by atoms with E-state index in [-0.39, 0.29) is 18.0 Å². The maximum atomic E-state index is 12.9. The highest BCUT2D eigenvalue weighted by Crippen LogP contribution is 2.39. The molecule has 0 saturated carbocycles. The summed E-state index contributed by atoms with van der Waals surface area (Å²) in [4.78, 5) is 20.5. The second-order valence-corrected chi connectivity index (χ2v) is 7.68. The lowest BCUT2D eigenvalue weighted by atomic mass is 9.79. The molecular weight excluding hydrogens is 317 g/mol. The molecule has 0 radical (unpaired) electrons. The van der Waals surface area contributed by atoms with Gasteiger partial charge in [0.1, 0.15) is 0 Å². The number of alkyl halides is 1. The second-order valence-electron chi connectivity index (χ2n) is 7.68. The summed E-state index contributed by atoms with van der Waals surface area (Å²) >= 11 is 0. The number of rotatable bonds is 4. The molecule has 1 aromatic carbocycles. The van der Waals surface area contributed by atoms with E-state index in [1.54, 1.807) is 0 Å². The van der Waals surface area contributed by atoms with Crippen LogP contribution < -0.4 is 0 Å². The summed E-state index contributed by atoms with van der Waals surface area (Å²) in [5.41, 5.74) is 2.04. The van der Waals surface area contributed by atoms with E-state index >= 15 is 0 Å². The molecule has 134 valence electrons. The van der Waals surface area contributed by atoms with E-state index in [4.69, 9.17) is 0 Å². The van der Waals surface area contributed by atoms with Crippen molar-refractivity contribution in [3.8, 4) is 0 Å². The van der Waals surface area contributed by atoms with Gasteiger partial charge in [-0.25, -0.2) is 0 Å². The molecule has 1 unspecified atom stereocenters. The van der Waals surface area contributed by atoms with Gasteiger partial charge in [-0.05, 0) is 56.5 Å². The lowest BCUT2D eigenvalue weighted by Gasteiger charge is -2.40. The molecule has 2 fully saturated rings. The Bertz CT molecular complexity index is 758. The maximum absolute atomic E-state index is 12.9. The summed E-state index contributed by atoms with van der Waals surface area (Å²) in [6.45, 7) is 4.35. The molecule has 1 spiro atoms. The zero-order valence-corrected chi connectivity index (χ0v) is 14.6. The van der Waals surface area contributed by atoms with Gasteiger partial charge in [-0.3, -0.25) is 9.18 Å². The minimum Gasteiger partial charge on any atom is -0.361 e. The number of halogens is 1. The van der Waals surface area contributed by atoms with E-state index in [0.29, 0.717) is 6.42 Å². The monoisotopic (exact) mass is 343 g/mol. The number of carbonyl (C=O) groups is 1. The Hall–Kier alpha value is -1.88. The molecule has 0 bridgehead atoms. The van der Waals surface area contributed by atoms with Gasteiger partial charge in [0.25, 0.3) is 5.91 Å². The van der Waals surface area contributed by atoms with Crippen LogP contribution in [-0.4, -0.2) is 60.1 Å². The Balaban J connectivity index is 1.45. The molecule has 5 heteroatoms. The van der Waals surface area contributed by atoms with Crippen molar-refractivity contribution in [2.45, 2.75) is 25.7 Å². The van der Waals surface area contributed by atoms with Crippen LogP contribution in [-0.2, 0) is 0 Å². The number of carbonyl (C=O) groups excluding carboxylic acids is 1. The molecule has 4 rings (SSSR count). The summed E-state index contributed by atoms with van der Waals surface area (Å²) in [5.74, 6) is 0.140. The van der Waals surface area contributed by atoms with Gasteiger partial charge in [0.05, 0.1) is 6.67 Å². The van der Waals surface area contributed by atoms with Gasteiger partial charge >= 0.3 is 0 Å². The molecule has 4 nitrogen and oxygen atoms in total. The highest BCUT2D eigenvalue weighted by atomic mass is 19.1. The summed E-state index contributed by atoms with van der Waals surface area (Å²) in [6, 6.07) is 7.88. The average molecular weight is 343 g/mol. The number of aromatic nitrogens is 1. The molecule has 2 aromatic rings. The van der Waals surface area contributed by atoms with Crippen LogP contribution in [0.2, 0.25) is 0 Å². The molecule has 1 atom stereocenters. The number of benzene rings is 1. The van der Waals surface area contributed by atoms with E-state index in [9.17, 15) is 9.18 Å². The molecule has 2 aliphatic heterocycles. The average Bonchev–Trinajstić information content (AvgIpc) is 3.26. The summed E-state index contributed by atoms with van der Waals surface area (Å²) < 4.78 is 12.5. The Morgan fingerprint density at radius 1 is 1.20 bits per heavy atom. The Morgan fingerprint density at radius 2 is 2.12 bits per heavy atom. The molecule has 25 heavy (non-hydrogen) atoms. The number of hydrogen-bond acceptors (Lipinski definition) is 2. The lowest BCUT2D eigenvalue weighted by Crippen LogP contribution is -2.45. The predicted molar refractivity (Wildman–Crippen MR) is 97.5 cm³/mol. The smallest absolute Gasteiger partial charge is 0.253 e. The van der Waals surface area contributed by atoms with E-state index in [2.05, 4.69) is 9.88 Å². The number of likely N-dealkylation sites (tertiary alicyclic amines) is 2. The molecular formula is C20H26FN3O. The number of nitrogens with zero attached hydrogens (tertiary/aromatic N) is 2. The number of aromatic amines is 1. The van der Waals surface area contributed by atoms with Crippen molar-refractivity contribution in [1.29, 1.82) is 0 Å². The zero-order valence-electron chi connectivity index (χ0n) is 14.6. The van der Waals surface area contributed by atoms with Crippen LogP contribution in [0.1, 0.15) is 36.0 Å². The van der Waals surface area contributed by atoms with Gasteiger partial charge in [-0.2, -0.15) is 0 Å². The van der Waals surface area contributed by atoms with Crippen LogP contribution in [0, 0.1) is 5.41 Å². The van der Waals surface area contributed by atoms with Crippen LogP contribution in [0.25, 0.3) is 10.9 Å². The van der Waals surface area contributed by atoms with Crippen molar-refractivity contribution >= 4 is 16.8 Å². The fourth-order valence-electron chi connectivity index (χ4n) is 4.59. The number of hydrogen-bond donors (Lipinski definition) is 1. The van der Waals surface area contributed by atoms with Gasteiger partial charge in [-0.1, -0.05) is 0 Å². The van der Waals surface area contributed by atoms with Crippen molar-refractivity contribution in [2.24, 2.45) is 5.41 Å². The minimum atomic E-state index is -0.240. The third-order valence-electron chi connectivity index (χ3n) is 5.87. The van der Waals surface area contributed by atoms with Crippen LogP contribution >= 0.6 is 0 Å². The molecule has 2 saturated heterocycles. The summed E-state index contributed by atoms with van der Waals surface area (Å²) in [5, 5.41) is 1.08. The van der Waals surface area contributed by atoms with E-state index in [1.807, 2.05) is 35.4 Å². The summed E-state index contributed by atoms with van der Waals surface area (Å²) in [6.07, 6.45) is 5.92. The molecule has 2 aliphatic rings. The van der Waals surface area contributed by atoms with Crippen molar-refractivity contribution < 1.29 is 9.18 Å². The van der Waals surface area contributed by atoms with Gasteiger partial charge in [0.2, 0.25) is 0 Å². The molecule has 1 amide bonds. The van der Waals surface area contributed by atoms with Crippen molar-refractivity contribution in [3.63, 3.8) is 0 Å². The van der Waals surface area contributed by atoms with E-state index in [0.717, 1.165) is 62.0 Å². The first-order valence-corrected chi connectivity index (χ1v) is 9.34. The highest BCUT2D eigenvalue weighted by Gasteiger charge is 2.42. The largest absolute Gasteiger partial charge is 0.361 e. The van der Waals surface area contributed by atoms with E-state index in [1.165, 1.54) is 6.42 Å². The van der Waals surface area contributed by atoms with Crippen molar-refractivity contribution in [2.75, 3.05) is 39.4 Å². The van der Waals surface area contributed by atoms with Gasteiger partial charge in [0, 0.05) is 54.3 Å². The second kappa shape index (κ2) is 6.79. The zero-order chi connectivity index (χ0) is 17.3. The topological polar surface area (TPSA) is 39.3 Å². The van der Waals surface area contributed by atoms with Crippen LogP contribution in [0.15, 0.2) is 30.5 Å².